The zero-order chi connectivity index (χ0) is 59.0. The first kappa shape index (κ1) is 75.7. The SMILES string of the molecule is CCCCCCCCCCCCCC(CCCCCCCCCCCCC)C(=O)NCC1O[C@H](O[C@@H]2OC(CNC(=O)C(CCCCCCCCCCCCC)CCCCCCCCCCCCC)[C@@H](O)[C@H](O)C2O)C(O)[C@@H](O)[C@@H]1O. The smallest absolute Gasteiger partial charge is 0.223 e. The van der Waals surface area contributed by atoms with Crippen molar-refractivity contribution in [1.82, 2.24) is 10.6 Å². The summed E-state index contributed by atoms with van der Waals surface area (Å²) in [5.74, 6) is -0.663. The first-order chi connectivity index (χ1) is 39.5. The molecule has 2 heterocycles. The van der Waals surface area contributed by atoms with Gasteiger partial charge in [-0.25, -0.2) is 0 Å². The minimum Gasteiger partial charge on any atom is -0.388 e. The van der Waals surface area contributed by atoms with Crippen LogP contribution in [0.4, 0.5) is 0 Å². The molecule has 2 aliphatic heterocycles. The lowest BCUT2D eigenvalue weighted by molar-refractivity contribution is -0.372. The molecule has 4 unspecified atom stereocenters. The van der Waals surface area contributed by atoms with E-state index >= 15 is 0 Å². The lowest BCUT2D eigenvalue weighted by atomic mass is 9.92. The molecule has 0 aromatic rings. The van der Waals surface area contributed by atoms with Crippen molar-refractivity contribution < 1.29 is 54.4 Å². The molecule has 13 heteroatoms. The van der Waals surface area contributed by atoms with Crippen LogP contribution in [0.5, 0.6) is 0 Å². The van der Waals surface area contributed by atoms with Crippen LogP contribution >= 0.6 is 0 Å². The van der Waals surface area contributed by atoms with Gasteiger partial charge in [0.15, 0.2) is 12.6 Å². The molecule has 0 bridgehead atoms. The molecule has 0 aliphatic carbocycles. The van der Waals surface area contributed by atoms with Gasteiger partial charge in [-0.15, -0.1) is 0 Å². The molecule has 2 aliphatic rings. The van der Waals surface area contributed by atoms with Crippen LogP contribution < -0.4 is 10.6 Å². The summed E-state index contributed by atoms with van der Waals surface area (Å²) in [5.41, 5.74) is 0. The Morgan fingerprint density at radius 3 is 0.716 bits per heavy atom. The van der Waals surface area contributed by atoms with Gasteiger partial charge in [0.25, 0.3) is 0 Å². The normalized spacial score (nSPS) is 23.2. The predicted molar refractivity (Wildman–Crippen MR) is 332 cm³/mol. The number of nitrogens with one attached hydrogen (secondary N) is 2. The van der Waals surface area contributed by atoms with Gasteiger partial charge < -0.3 is 55.5 Å². The van der Waals surface area contributed by atoms with Crippen LogP contribution in [0.1, 0.15) is 336 Å². The summed E-state index contributed by atoms with van der Waals surface area (Å²) in [6.07, 6.45) is 41.5. The molecule has 10 atom stereocenters. The number of carbonyl (C=O) groups excluding carboxylic acids is 2. The highest BCUT2D eigenvalue weighted by Gasteiger charge is 2.50. The first-order valence-corrected chi connectivity index (χ1v) is 35.1. The monoisotopic (exact) mass is 1150 g/mol. The quantitative estimate of drug-likeness (QED) is 0.0269. The van der Waals surface area contributed by atoms with Gasteiger partial charge in [0.1, 0.15) is 48.8 Å². The Morgan fingerprint density at radius 1 is 0.309 bits per heavy atom. The Morgan fingerprint density at radius 2 is 0.506 bits per heavy atom. The molecule has 0 aromatic carbocycles. The minimum absolute atomic E-state index is 0.129. The van der Waals surface area contributed by atoms with Crippen LogP contribution in [0.25, 0.3) is 0 Å². The summed E-state index contributed by atoms with van der Waals surface area (Å²) in [6.45, 7) is 8.69. The third-order valence-corrected chi connectivity index (χ3v) is 17.9. The van der Waals surface area contributed by atoms with Crippen LogP contribution in [0.15, 0.2) is 0 Å². The Bertz CT molecular complexity index is 1270. The Balaban J connectivity index is 1.99. The summed E-state index contributed by atoms with van der Waals surface area (Å²) in [5, 5.41) is 72.5. The maximum atomic E-state index is 13.9. The zero-order valence-corrected chi connectivity index (χ0v) is 53.0. The van der Waals surface area contributed by atoms with E-state index in [1.54, 1.807) is 0 Å². The highest BCUT2D eigenvalue weighted by molar-refractivity contribution is 5.79. The summed E-state index contributed by atoms with van der Waals surface area (Å²) >= 11 is 0. The van der Waals surface area contributed by atoms with Crippen molar-refractivity contribution >= 4 is 11.8 Å². The van der Waals surface area contributed by atoms with Crippen LogP contribution in [-0.4, -0.2) is 117 Å². The second kappa shape index (κ2) is 51.8. The summed E-state index contributed by atoms with van der Waals surface area (Å²) in [7, 11) is 0. The van der Waals surface area contributed by atoms with Gasteiger partial charge in [0.2, 0.25) is 11.8 Å². The molecule has 2 amide bonds. The lowest BCUT2D eigenvalue weighted by Crippen LogP contribution is -2.65. The van der Waals surface area contributed by atoms with E-state index in [0.717, 1.165) is 103 Å². The molecular formula is C68H132N2O11. The van der Waals surface area contributed by atoms with Crippen molar-refractivity contribution in [2.24, 2.45) is 11.8 Å². The molecule has 0 radical (unpaired) electrons. The topological polar surface area (TPSA) is 207 Å². The second-order valence-electron chi connectivity index (χ2n) is 25.3. The van der Waals surface area contributed by atoms with Crippen LogP contribution in [0.2, 0.25) is 0 Å². The van der Waals surface area contributed by atoms with E-state index in [-0.39, 0.29) is 36.7 Å². The molecule has 81 heavy (non-hydrogen) atoms. The molecule has 8 N–H and O–H groups in total. The van der Waals surface area contributed by atoms with Gasteiger partial charge in [-0.05, 0) is 25.7 Å². The van der Waals surface area contributed by atoms with Gasteiger partial charge >= 0.3 is 0 Å². The number of ether oxygens (including phenoxy) is 3. The number of carbonyl (C=O) groups is 2. The molecule has 0 saturated carbocycles. The van der Waals surface area contributed by atoms with E-state index in [2.05, 4.69) is 38.3 Å². The Kier molecular flexibility index (Phi) is 48.4. The van der Waals surface area contributed by atoms with Crippen molar-refractivity contribution in [2.45, 2.75) is 397 Å². The zero-order valence-electron chi connectivity index (χ0n) is 53.0. The van der Waals surface area contributed by atoms with E-state index in [4.69, 9.17) is 14.2 Å². The van der Waals surface area contributed by atoms with E-state index in [9.17, 15) is 40.2 Å². The van der Waals surface area contributed by atoms with Crippen LogP contribution in [0.3, 0.4) is 0 Å². The van der Waals surface area contributed by atoms with E-state index in [1.807, 2.05) is 0 Å². The standard InChI is InChI=1S/C68H132N2O11/c1-5-9-13-17-21-25-29-33-37-41-45-49-55(50-46-42-38-34-30-26-22-18-14-10-6-2)65(77)69-53-57-59(71)61(73)63(75)67(79-57)81-68-64(76)62(74)60(72)58(80-68)54-70-66(78)56(51-47-43-39-35-31-27-23-19-15-11-7-3)52-48-44-40-36-32-28-24-20-16-12-8-4/h55-64,67-68,71-76H,5-54H2,1-4H3,(H,69,77)(H,70,78)/t57?,58?,59-,60-,61+,62+,63?,64?,67-,68+/m1/s1. The van der Waals surface area contributed by atoms with Crippen molar-refractivity contribution in [1.29, 1.82) is 0 Å². The summed E-state index contributed by atoms with van der Waals surface area (Å²) < 4.78 is 18.0. The van der Waals surface area contributed by atoms with E-state index in [0.29, 0.717) is 0 Å². The first-order valence-electron chi connectivity index (χ1n) is 35.1. The Labute approximate surface area is 497 Å². The van der Waals surface area contributed by atoms with Gasteiger partial charge in [-0.1, -0.05) is 310 Å². The number of aliphatic hydroxyl groups excluding tert-OH is 6. The number of unbranched alkanes of at least 4 members (excludes halogenated alkanes) is 40. The van der Waals surface area contributed by atoms with Crippen LogP contribution in [-0.2, 0) is 23.8 Å². The number of aliphatic hydroxyl groups is 6. The Hall–Kier alpha value is -1.42. The minimum atomic E-state index is -1.77. The number of rotatable bonds is 56. The largest absolute Gasteiger partial charge is 0.388 e. The fourth-order valence-corrected chi connectivity index (χ4v) is 12.3. The molecule has 2 fully saturated rings. The number of amides is 2. The summed E-state index contributed by atoms with van der Waals surface area (Å²) in [6, 6.07) is 0. The highest BCUT2D eigenvalue weighted by Crippen LogP contribution is 2.30. The second-order valence-corrected chi connectivity index (χ2v) is 25.3. The molecule has 0 aromatic heterocycles. The summed E-state index contributed by atoms with van der Waals surface area (Å²) in [4.78, 5) is 27.8. The highest BCUT2D eigenvalue weighted by atomic mass is 16.8. The number of hydrogen-bond donors (Lipinski definition) is 8. The lowest BCUT2D eigenvalue weighted by Gasteiger charge is -2.45. The molecule has 2 rings (SSSR count). The average Bonchev–Trinajstić information content (AvgIpc) is 3.48. The van der Waals surface area contributed by atoms with Crippen molar-refractivity contribution in [2.75, 3.05) is 13.1 Å². The van der Waals surface area contributed by atoms with Crippen molar-refractivity contribution in [3.05, 3.63) is 0 Å². The molecule has 0 spiro atoms. The maximum absolute atomic E-state index is 13.9. The average molecular weight is 1150 g/mol. The fraction of sp³-hybridized carbons (Fsp3) is 0.971. The van der Waals surface area contributed by atoms with Gasteiger partial charge in [-0.2, -0.15) is 0 Å². The van der Waals surface area contributed by atoms with E-state index < -0.39 is 61.4 Å². The predicted octanol–water partition coefficient (Wildman–Crippen LogP) is 14.9. The molecule has 13 nitrogen and oxygen atoms in total. The molecular weight excluding hydrogens is 1020 g/mol. The van der Waals surface area contributed by atoms with Crippen LogP contribution in [0, 0.1) is 11.8 Å². The third-order valence-electron chi connectivity index (χ3n) is 17.9. The van der Waals surface area contributed by atoms with Crippen molar-refractivity contribution in [3.8, 4) is 0 Å². The maximum Gasteiger partial charge on any atom is 0.223 e. The molecule has 2 saturated heterocycles. The van der Waals surface area contributed by atoms with Gasteiger partial charge in [0.05, 0.1) is 0 Å². The van der Waals surface area contributed by atoms with Gasteiger partial charge in [-0.3, -0.25) is 9.59 Å². The van der Waals surface area contributed by atoms with Crippen molar-refractivity contribution in [3.63, 3.8) is 0 Å². The van der Waals surface area contributed by atoms with E-state index in [1.165, 1.54) is 205 Å². The number of hydrogen-bond acceptors (Lipinski definition) is 11. The van der Waals surface area contributed by atoms with Gasteiger partial charge in [0, 0.05) is 24.9 Å². The third kappa shape index (κ3) is 36.4. The fourth-order valence-electron chi connectivity index (χ4n) is 12.3. The molecule has 480 valence electrons.